The van der Waals surface area contributed by atoms with Crippen molar-refractivity contribution in [2.24, 2.45) is 0 Å². The molecule has 84 valence electrons. The van der Waals surface area contributed by atoms with Crippen LogP contribution >= 0.6 is 0 Å². The molecule has 0 fully saturated rings. The van der Waals surface area contributed by atoms with E-state index in [0.717, 1.165) is 6.42 Å². The van der Waals surface area contributed by atoms with Gasteiger partial charge < -0.3 is 19.9 Å². The zero-order chi connectivity index (χ0) is 10.8. The monoisotopic (exact) mass is 205 g/mol. The minimum absolute atomic E-state index is 0.0491. The summed E-state index contributed by atoms with van der Waals surface area (Å²) >= 11 is 0. The fourth-order valence-electron chi connectivity index (χ4n) is 0.843. The van der Waals surface area contributed by atoms with Crippen molar-refractivity contribution in [3.8, 4) is 0 Å². The van der Waals surface area contributed by atoms with Gasteiger partial charge in [-0.3, -0.25) is 4.79 Å². The largest absolute Gasteiger partial charge is 0.389 e. The molecule has 0 bridgehead atoms. The Kier molecular flexibility index (Phi) is 8.51. The van der Waals surface area contributed by atoms with Gasteiger partial charge in [-0.1, -0.05) is 6.92 Å². The summed E-state index contributed by atoms with van der Waals surface area (Å²) in [4.78, 5) is 11.0. The quantitative estimate of drug-likeness (QED) is 0.526. The molecule has 0 aromatic rings. The molecule has 1 atom stereocenters. The first-order chi connectivity index (χ1) is 6.70. The normalized spacial score (nSPS) is 12.5. The number of methoxy groups -OCH3 is 1. The van der Waals surface area contributed by atoms with Crippen molar-refractivity contribution < 1.29 is 19.4 Å². The standard InChI is InChI=1S/C9H19NO4/c1-3-4-14-7-9(12)10-5-8(11)6-13-2/h8,11H,3-7H2,1-2H3,(H,10,12). The third-order valence-electron chi connectivity index (χ3n) is 1.48. The van der Waals surface area contributed by atoms with E-state index in [2.05, 4.69) is 5.32 Å². The van der Waals surface area contributed by atoms with Crippen molar-refractivity contribution in [1.82, 2.24) is 5.32 Å². The maximum atomic E-state index is 11.0. The van der Waals surface area contributed by atoms with Crippen LogP contribution < -0.4 is 5.32 Å². The lowest BCUT2D eigenvalue weighted by Gasteiger charge is -2.10. The third kappa shape index (κ3) is 7.97. The highest BCUT2D eigenvalue weighted by Crippen LogP contribution is 1.83. The van der Waals surface area contributed by atoms with Crippen LogP contribution in [0.25, 0.3) is 0 Å². The predicted molar refractivity (Wildman–Crippen MR) is 52.0 cm³/mol. The maximum absolute atomic E-state index is 11.0. The summed E-state index contributed by atoms with van der Waals surface area (Å²) in [7, 11) is 1.50. The molecule has 1 unspecified atom stereocenters. The molecule has 0 spiro atoms. The maximum Gasteiger partial charge on any atom is 0.246 e. The van der Waals surface area contributed by atoms with Crippen molar-refractivity contribution in [1.29, 1.82) is 0 Å². The van der Waals surface area contributed by atoms with Crippen LogP contribution in [-0.2, 0) is 14.3 Å². The average molecular weight is 205 g/mol. The Labute approximate surface area is 84.4 Å². The molecule has 0 saturated carbocycles. The van der Waals surface area contributed by atoms with E-state index in [1.165, 1.54) is 7.11 Å². The minimum atomic E-state index is -0.657. The molecule has 0 heterocycles. The van der Waals surface area contributed by atoms with Gasteiger partial charge in [0.05, 0.1) is 12.7 Å². The van der Waals surface area contributed by atoms with E-state index < -0.39 is 6.10 Å². The van der Waals surface area contributed by atoms with E-state index >= 15 is 0 Å². The summed E-state index contributed by atoms with van der Waals surface area (Å²) < 4.78 is 9.71. The number of amides is 1. The molecule has 0 rings (SSSR count). The zero-order valence-corrected chi connectivity index (χ0v) is 8.78. The van der Waals surface area contributed by atoms with Gasteiger partial charge >= 0.3 is 0 Å². The molecule has 0 radical (unpaired) electrons. The summed E-state index contributed by atoms with van der Waals surface area (Å²) in [6, 6.07) is 0. The van der Waals surface area contributed by atoms with Crippen LogP contribution in [0, 0.1) is 0 Å². The van der Waals surface area contributed by atoms with E-state index in [1.807, 2.05) is 6.92 Å². The number of ether oxygens (including phenoxy) is 2. The van der Waals surface area contributed by atoms with E-state index in [0.29, 0.717) is 6.61 Å². The molecule has 0 aliphatic carbocycles. The molecular formula is C9H19NO4. The summed E-state index contributed by atoms with van der Waals surface area (Å²) in [6.45, 7) is 3.01. The van der Waals surface area contributed by atoms with Crippen LogP contribution in [0.1, 0.15) is 13.3 Å². The SMILES string of the molecule is CCCOCC(=O)NCC(O)COC. The number of aliphatic hydroxyl groups is 1. The summed E-state index contributed by atoms with van der Waals surface area (Å²) in [6.07, 6.45) is 0.231. The van der Waals surface area contributed by atoms with Crippen LogP contribution in [0.15, 0.2) is 0 Å². The second-order valence-electron chi connectivity index (χ2n) is 2.97. The van der Waals surface area contributed by atoms with Gasteiger partial charge in [0, 0.05) is 20.3 Å². The molecule has 0 aliphatic rings. The number of carbonyl (C=O) groups is 1. The molecule has 5 heteroatoms. The van der Waals surface area contributed by atoms with E-state index in [9.17, 15) is 9.90 Å². The van der Waals surface area contributed by atoms with Crippen molar-refractivity contribution in [3.63, 3.8) is 0 Å². The molecule has 0 aliphatic heterocycles. The summed E-state index contributed by atoms with van der Waals surface area (Å²) in [5, 5.41) is 11.7. The first-order valence-electron chi connectivity index (χ1n) is 4.72. The van der Waals surface area contributed by atoms with E-state index in [1.54, 1.807) is 0 Å². The second kappa shape index (κ2) is 8.93. The van der Waals surface area contributed by atoms with Gasteiger partial charge in [-0.2, -0.15) is 0 Å². The Morgan fingerprint density at radius 1 is 1.57 bits per heavy atom. The van der Waals surface area contributed by atoms with Crippen LogP contribution in [-0.4, -0.2) is 50.6 Å². The van der Waals surface area contributed by atoms with Crippen LogP contribution in [0.4, 0.5) is 0 Å². The van der Waals surface area contributed by atoms with Gasteiger partial charge in [-0.05, 0) is 6.42 Å². The molecule has 5 nitrogen and oxygen atoms in total. The van der Waals surface area contributed by atoms with Crippen LogP contribution in [0.3, 0.4) is 0 Å². The van der Waals surface area contributed by atoms with Gasteiger partial charge in [0.2, 0.25) is 5.91 Å². The number of hydrogen-bond donors (Lipinski definition) is 2. The van der Waals surface area contributed by atoms with Gasteiger partial charge in [0.15, 0.2) is 0 Å². The molecule has 0 aromatic heterocycles. The van der Waals surface area contributed by atoms with Gasteiger partial charge in [-0.25, -0.2) is 0 Å². The molecule has 1 amide bonds. The molecule has 0 aromatic carbocycles. The lowest BCUT2D eigenvalue weighted by atomic mass is 10.4. The lowest BCUT2D eigenvalue weighted by molar-refractivity contribution is -0.126. The van der Waals surface area contributed by atoms with Crippen molar-refractivity contribution in [3.05, 3.63) is 0 Å². The first kappa shape index (κ1) is 13.4. The highest BCUT2D eigenvalue weighted by atomic mass is 16.5. The Hall–Kier alpha value is -0.650. The van der Waals surface area contributed by atoms with E-state index in [-0.39, 0.29) is 25.7 Å². The van der Waals surface area contributed by atoms with Gasteiger partial charge in [0.25, 0.3) is 0 Å². The highest BCUT2D eigenvalue weighted by molar-refractivity contribution is 5.77. The Morgan fingerprint density at radius 3 is 2.86 bits per heavy atom. The van der Waals surface area contributed by atoms with Gasteiger partial charge in [0.1, 0.15) is 6.61 Å². The average Bonchev–Trinajstić information content (AvgIpc) is 2.16. The number of hydrogen-bond acceptors (Lipinski definition) is 4. The number of nitrogens with one attached hydrogen (secondary N) is 1. The molecule has 2 N–H and O–H groups in total. The zero-order valence-electron chi connectivity index (χ0n) is 8.78. The fraction of sp³-hybridized carbons (Fsp3) is 0.889. The number of aliphatic hydroxyl groups excluding tert-OH is 1. The Balaban J connectivity index is 3.34. The van der Waals surface area contributed by atoms with Crippen molar-refractivity contribution in [2.45, 2.75) is 19.4 Å². The van der Waals surface area contributed by atoms with Crippen molar-refractivity contribution in [2.75, 3.05) is 33.5 Å². The van der Waals surface area contributed by atoms with Gasteiger partial charge in [-0.15, -0.1) is 0 Å². The highest BCUT2D eigenvalue weighted by Gasteiger charge is 2.05. The van der Waals surface area contributed by atoms with Crippen LogP contribution in [0.5, 0.6) is 0 Å². The third-order valence-corrected chi connectivity index (χ3v) is 1.48. The molecule has 14 heavy (non-hydrogen) atoms. The Morgan fingerprint density at radius 2 is 2.29 bits per heavy atom. The molecule has 0 saturated heterocycles. The first-order valence-corrected chi connectivity index (χ1v) is 4.72. The van der Waals surface area contributed by atoms with E-state index in [4.69, 9.17) is 9.47 Å². The second-order valence-corrected chi connectivity index (χ2v) is 2.97. The summed E-state index contributed by atoms with van der Waals surface area (Å²) in [5.41, 5.74) is 0. The lowest BCUT2D eigenvalue weighted by Crippen LogP contribution is -2.36. The number of carbonyl (C=O) groups excluding carboxylic acids is 1. The number of rotatable bonds is 8. The predicted octanol–water partition coefficient (Wildman–Crippen LogP) is -0.463. The van der Waals surface area contributed by atoms with Crippen molar-refractivity contribution >= 4 is 5.91 Å². The minimum Gasteiger partial charge on any atom is -0.389 e. The topological polar surface area (TPSA) is 67.8 Å². The summed E-state index contributed by atoms with van der Waals surface area (Å²) in [5.74, 6) is -0.214. The van der Waals surface area contributed by atoms with Crippen LogP contribution in [0.2, 0.25) is 0 Å². The smallest absolute Gasteiger partial charge is 0.246 e. The fourth-order valence-corrected chi connectivity index (χ4v) is 0.843. The Bertz CT molecular complexity index is 152. The molecular weight excluding hydrogens is 186 g/mol.